The van der Waals surface area contributed by atoms with E-state index in [4.69, 9.17) is 52.1 Å². The highest BCUT2D eigenvalue weighted by atomic mass is 79.9. The summed E-state index contributed by atoms with van der Waals surface area (Å²) in [7, 11) is 0. The third-order valence-corrected chi connectivity index (χ3v) is 11.4. The van der Waals surface area contributed by atoms with E-state index in [2.05, 4.69) is 15.9 Å². The molecule has 4 aromatic carbocycles. The number of rotatable bonds is 16. The summed E-state index contributed by atoms with van der Waals surface area (Å²) in [5.74, 6) is -1.70. The van der Waals surface area contributed by atoms with Gasteiger partial charge in [0.25, 0.3) is 0 Å². The van der Waals surface area contributed by atoms with Crippen LogP contribution in [0.3, 0.4) is 0 Å². The van der Waals surface area contributed by atoms with Crippen LogP contribution in [-0.4, -0.2) is 86.2 Å². The van der Waals surface area contributed by atoms with Crippen molar-refractivity contribution in [2.75, 3.05) is 13.2 Å². The quantitative estimate of drug-likeness (QED) is 0.110. The summed E-state index contributed by atoms with van der Waals surface area (Å²) >= 11 is 3.71. The zero-order valence-electron chi connectivity index (χ0n) is 33.4. The van der Waals surface area contributed by atoms with E-state index in [1.807, 2.05) is 143 Å². The van der Waals surface area contributed by atoms with Gasteiger partial charge in [-0.3, -0.25) is 0 Å². The van der Waals surface area contributed by atoms with Crippen LogP contribution in [0.2, 0.25) is 0 Å². The summed E-state index contributed by atoms with van der Waals surface area (Å²) in [6.45, 7) is 9.21. The number of hydrogen-bond donors (Lipinski definition) is 0. The van der Waals surface area contributed by atoms with Crippen molar-refractivity contribution in [1.29, 1.82) is 0 Å². The van der Waals surface area contributed by atoms with Gasteiger partial charge < -0.3 is 52.1 Å². The Hall–Kier alpha value is -3.08. The molecule has 4 saturated heterocycles. The zero-order chi connectivity index (χ0) is 40.1. The van der Waals surface area contributed by atoms with E-state index in [9.17, 15) is 0 Å². The third-order valence-electron chi connectivity index (χ3n) is 10.7. The molecule has 0 radical (unpaired) electrons. The van der Waals surface area contributed by atoms with Gasteiger partial charge in [0.05, 0.1) is 39.6 Å². The lowest BCUT2D eigenvalue weighted by Gasteiger charge is -2.47. The number of ether oxygens (including phenoxy) is 11. The first-order valence-corrected chi connectivity index (χ1v) is 20.8. The van der Waals surface area contributed by atoms with Gasteiger partial charge in [-0.25, -0.2) is 0 Å². The van der Waals surface area contributed by atoms with Gasteiger partial charge in [-0.2, -0.15) is 0 Å². The first kappa shape index (κ1) is 41.6. The molecule has 1 unspecified atom stereocenters. The van der Waals surface area contributed by atoms with Gasteiger partial charge in [0.2, 0.25) is 0 Å². The van der Waals surface area contributed by atoms with E-state index >= 15 is 0 Å². The molecule has 0 bridgehead atoms. The Labute approximate surface area is 349 Å². The lowest BCUT2D eigenvalue weighted by atomic mass is 9.97. The second-order valence-corrected chi connectivity index (χ2v) is 16.8. The SMILES string of the molecule is CC1(C)OC[C@H]([C@H]2OC3OC(C)(C)O[C@@H]3[C@H]2O[C@@H]2O[C@H](COCc3ccccc3)[C@@H](OCc3ccccc3)[C@H](OCc3ccccc3)[C@H]2OCc2ccccc2Br)O1. The Balaban J connectivity index is 1.15. The molecule has 4 aromatic rings. The minimum absolute atomic E-state index is 0.188. The molecule has 10 atom stereocenters. The molecule has 4 aliphatic heterocycles. The molecule has 0 spiro atoms. The molecular weight excluding hydrogens is 808 g/mol. The Bertz CT molecular complexity index is 1880. The predicted molar refractivity (Wildman–Crippen MR) is 216 cm³/mol. The maximum absolute atomic E-state index is 7.16. The smallest absolute Gasteiger partial charge is 0.190 e. The zero-order valence-corrected chi connectivity index (χ0v) is 34.9. The van der Waals surface area contributed by atoms with E-state index in [-0.39, 0.29) is 13.2 Å². The van der Waals surface area contributed by atoms with E-state index in [1.54, 1.807) is 0 Å². The summed E-state index contributed by atoms with van der Waals surface area (Å²) in [5.41, 5.74) is 4.01. The standard InChI is InChI=1S/C46H53BrO11/c1-45(2)52-29-36(56-45)38-40(42-44(54-38)58-46(3,4)57-42)55-43-41(51-27-33-22-14-15-23-34(33)47)39(50-26-32-20-12-7-13-21-32)37(49-25-31-18-10-6-11-19-31)35(53-43)28-48-24-30-16-8-5-9-17-30/h5-23,35-44H,24-29H2,1-4H3/t35-,36-,37-,38-,39+,40+,41-,42-,43+,44?/m1/s1. The highest BCUT2D eigenvalue weighted by molar-refractivity contribution is 9.10. The lowest BCUT2D eigenvalue weighted by molar-refractivity contribution is -0.345. The average Bonchev–Trinajstić information content (AvgIpc) is 3.85. The number of benzene rings is 4. The minimum atomic E-state index is -0.998. The topological polar surface area (TPSA) is 102 Å². The highest BCUT2D eigenvalue weighted by Crippen LogP contribution is 2.44. The second kappa shape index (κ2) is 18.7. The molecule has 4 heterocycles. The van der Waals surface area contributed by atoms with Crippen molar-refractivity contribution in [2.24, 2.45) is 0 Å². The summed E-state index contributed by atoms with van der Waals surface area (Å²) in [6.07, 6.45) is -6.81. The molecule has 310 valence electrons. The fourth-order valence-corrected chi connectivity index (χ4v) is 8.28. The molecular formula is C46H53BrO11. The van der Waals surface area contributed by atoms with Crippen LogP contribution in [-0.2, 0) is 78.5 Å². The molecule has 12 heteroatoms. The summed E-state index contributed by atoms with van der Waals surface area (Å²) in [5, 5.41) is 0. The Morgan fingerprint density at radius 2 is 1.16 bits per heavy atom. The second-order valence-electron chi connectivity index (χ2n) is 16.0. The minimum Gasteiger partial charge on any atom is -0.374 e. The van der Waals surface area contributed by atoms with Crippen LogP contribution < -0.4 is 0 Å². The third kappa shape index (κ3) is 10.3. The van der Waals surface area contributed by atoms with Gasteiger partial charge in [-0.1, -0.05) is 125 Å². The molecule has 0 aromatic heterocycles. The van der Waals surface area contributed by atoms with Crippen LogP contribution in [0.4, 0.5) is 0 Å². The molecule has 8 rings (SSSR count). The summed E-state index contributed by atoms with van der Waals surface area (Å²) in [4.78, 5) is 0. The van der Waals surface area contributed by atoms with Crippen molar-refractivity contribution in [3.05, 3.63) is 142 Å². The van der Waals surface area contributed by atoms with Crippen molar-refractivity contribution in [3.8, 4) is 0 Å². The van der Waals surface area contributed by atoms with Gasteiger partial charge in [0.15, 0.2) is 24.2 Å². The largest absolute Gasteiger partial charge is 0.374 e. The monoisotopic (exact) mass is 860 g/mol. The fraction of sp³-hybridized carbons (Fsp3) is 0.478. The average molecular weight is 862 g/mol. The molecule has 11 nitrogen and oxygen atoms in total. The van der Waals surface area contributed by atoms with Crippen LogP contribution in [0.1, 0.15) is 49.9 Å². The van der Waals surface area contributed by atoms with Crippen molar-refractivity contribution in [3.63, 3.8) is 0 Å². The number of hydrogen-bond acceptors (Lipinski definition) is 11. The van der Waals surface area contributed by atoms with E-state index in [0.29, 0.717) is 26.4 Å². The van der Waals surface area contributed by atoms with Crippen molar-refractivity contribution in [1.82, 2.24) is 0 Å². The van der Waals surface area contributed by atoms with Crippen molar-refractivity contribution >= 4 is 15.9 Å². The van der Waals surface area contributed by atoms with E-state index in [1.165, 1.54) is 0 Å². The molecule has 58 heavy (non-hydrogen) atoms. The molecule has 0 aliphatic carbocycles. The van der Waals surface area contributed by atoms with E-state index in [0.717, 1.165) is 26.7 Å². The van der Waals surface area contributed by atoms with Gasteiger partial charge in [-0.15, -0.1) is 0 Å². The molecule has 0 N–H and O–H groups in total. The van der Waals surface area contributed by atoms with Crippen LogP contribution in [0.15, 0.2) is 120 Å². The number of fused-ring (bicyclic) bond motifs is 1. The van der Waals surface area contributed by atoms with Crippen molar-refractivity contribution < 1.29 is 52.1 Å². The Morgan fingerprint density at radius 1 is 0.569 bits per heavy atom. The van der Waals surface area contributed by atoms with E-state index < -0.39 is 73.0 Å². The molecule has 4 fully saturated rings. The maximum atomic E-state index is 7.16. The number of halogens is 1. The van der Waals surface area contributed by atoms with Gasteiger partial charge in [0, 0.05) is 4.47 Å². The normalized spacial score (nSPS) is 31.3. The van der Waals surface area contributed by atoms with Crippen LogP contribution in [0, 0.1) is 0 Å². The summed E-state index contributed by atoms with van der Waals surface area (Å²) in [6, 6.07) is 38.1. The fourth-order valence-electron chi connectivity index (χ4n) is 7.88. The first-order valence-electron chi connectivity index (χ1n) is 20.0. The van der Waals surface area contributed by atoms with Crippen molar-refractivity contribution in [2.45, 2.75) is 127 Å². The Kier molecular flexibility index (Phi) is 13.4. The van der Waals surface area contributed by atoms with Gasteiger partial charge in [-0.05, 0) is 56.0 Å². The van der Waals surface area contributed by atoms with Gasteiger partial charge >= 0.3 is 0 Å². The van der Waals surface area contributed by atoms with Gasteiger partial charge in [0.1, 0.15) is 48.8 Å². The van der Waals surface area contributed by atoms with Crippen LogP contribution in [0.25, 0.3) is 0 Å². The Morgan fingerprint density at radius 3 is 1.78 bits per heavy atom. The highest BCUT2D eigenvalue weighted by Gasteiger charge is 2.61. The molecule has 4 aliphatic rings. The maximum Gasteiger partial charge on any atom is 0.190 e. The van der Waals surface area contributed by atoms with Crippen LogP contribution in [0.5, 0.6) is 0 Å². The first-order chi connectivity index (χ1) is 28.1. The molecule has 0 saturated carbocycles. The molecule has 0 amide bonds. The summed E-state index contributed by atoms with van der Waals surface area (Å²) < 4.78 is 73.9. The lowest BCUT2D eigenvalue weighted by Crippen LogP contribution is -2.63. The van der Waals surface area contributed by atoms with Crippen LogP contribution >= 0.6 is 15.9 Å². The predicted octanol–water partition coefficient (Wildman–Crippen LogP) is 7.86.